The topological polar surface area (TPSA) is 32.3 Å². The molecule has 1 saturated carbocycles. The van der Waals surface area contributed by atoms with E-state index in [0.717, 1.165) is 12.5 Å². The van der Waals surface area contributed by atoms with Crippen molar-refractivity contribution >= 4 is 0 Å². The summed E-state index contributed by atoms with van der Waals surface area (Å²) >= 11 is 0. The number of rotatable bonds is 4. The number of nitrogens with one attached hydrogen (secondary N) is 1. The Labute approximate surface area is 81.7 Å². The second kappa shape index (κ2) is 5.61. The normalized spacial score (nSPS) is 31.6. The maximum atomic E-state index is 9.14. The zero-order chi connectivity index (χ0) is 9.68. The van der Waals surface area contributed by atoms with Gasteiger partial charge in [0.15, 0.2) is 0 Å². The van der Waals surface area contributed by atoms with Crippen LogP contribution in [-0.4, -0.2) is 23.8 Å². The molecule has 1 aliphatic carbocycles. The van der Waals surface area contributed by atoms with E-state index in [1.54, 1.807) is 0 Å². The second-order valence-electron chi connectivity index (χ2n) is 4.40. The van der Waals surface area contributed by atoms with Crippen molar-refractivity contribution < 1.29 is 5.11 Å². The van der Waals surface area contributed by atoms with Crippen molar-refractivity contribution in [3.8, 4) is 0 Å². The van der Waals surface area contributed by atoms with E-state index in [-0.39, 0.29) is 6.10 Å². The lowest BCUT2D eigenvalue weighted by molar-refractivity contribution is 0.175. The van der Waals surface area contributed by atoms with Crippen molar-refractivity contribution in [3.05, 3.63) is 0 Å². The van der Waals surface area contributed by atoms with Gasteiger partial charge in [-0.05, 0) is 25.7 Å². The van der Waals surface area contributed by atoms with E-state index in [4.69, 9.17) is 5.11 Å². The summed E-state index contributed by atoms with van der Waals surface area (Å²) < 4.78 is 0. The average Bonchev–Trinajstić information content (AvgIpc) is 2.15. The first-order valence-electron chi connectivity index (χ1n) is 5.63. The highest BCUT2D eigenvalue weighted by Gasteiger charge is 2.20. The average molecular weight is 185 g/mol. The van der Waals surface area contributed by atoms with E-state index in [1.165, 1.54) is 32.1 Å². The van der Waals surface area contributed by atoms with E-state index in [1.807, 2.05) is 6.92 Å². The van der Waals surface area contributed by atoms with Crippen LogP contribution in [0.5, 0.6) is 0 Å². The molecule has 0 spiro atoms. The summed E-state index contributed by atoms with van der Waals surface area (Å²) in [5.74, 6) is 0.917. The fourth-order valence-corrected chi connectivity index (χ4v) is 2.18. The van der Waals surface area contributed by atoms with Gasteiger partial charge in [0.1, 0.15) is 0 Å². The van der Waals surface area contributed by atoms with Crippen LogP contribution in [0.3, 0.4) is 0 Å². The Bertz CT molecular complexity index is 136. The Morgan fingerprint density at radius 3 is 2.85 bits per heavy atom. The lowest BCUT2D eigenvalue weighted by Gasteiger charge is -2.29. The monoisotopic (exact) mass is 185 g/mol. The molecule has 0 heterocycles. The number of aliphatic hydroxyl groups is 1. The van der Waals surface area contributed by atoms with Crippen LogP contribution in [0.1, 0.15) is 46.0 Å². The van der Waals surface area contributed by atoms with Crippen LogP contribution in [0.15, 0.2) is 0 Å². The molecule has 2 N–H and O–H groups in total. The molecule has 0 aliphatic heterocycles. The Kier molecular flexibility index (Phi) is 4.74. The Morgan fingerprint density at radius 2 is 2.23 bits per heavy atom. The predicted octanol–water partition coefficient (Wildman–Crippen LogP) is 1.93. The maximum absolute atomic E-state index is 9.14. The zero-order valence-corrected chi connectivity index (χ0v) is 8.92. The van der Waals surface area contributed by atoms with E-state index < -0.39 is 0 Å². The standard InChI is InChI=1S/C11H23NO/c1-3-10-5-4-6-11(7-10)12-8-9(2)13/h9-13H,3-8H2,1-2H3/t9-,10?,11?/m0/s1. The van der Waals surface area contributed by atoms with Crippen LogP contribution >= 0.6 is 0 Å². The highest BCUT2D eigenvalue weighted by atomic mass is 16.3. The molecule has 1 aliphatic rings. The molecule has 0 bridgehead atoms. The number of hydrogen-bond acceptors (Lipinski definition) is 2. The van der Waals surface area contributed by atoms with E-state index in [0.29, 0.717) is 6.04 Å². The van der Waals surface area contributed by atoms with Crippen molar-refractivity contribution in [1.29, 1.82) is 0 Å². The molecular formula is C11H23NO. The molecule has 3 atom stereocenters. The summed E-state index contributed by atoms with van der Waals surface area (Å²) in [5.41, 5.74) is 0. The smallest absolute Gasteiger partial charge is 0.0636 e. The summed E-state index contributed by atoms with van der Waals surface area (Å²) in [7, 11) is 0. The first-order valence-corrected chi connectivity index (χ1v) is 5.63. The summed E-state index contributed by atoms with van der Waals surface area (Å²) in [6.07, 6.45) is 6.47. The van der Waals surface area contributed by atoms with Gasteiger partial charge in [0, 0.05) is 12.6 Å². The quantitative estimate of drug-likeness (QED) is 0.701. The van der Waals surface area contributed by atoms with Crippen molar-refractivity contribution in [2.75, 3.05) is 6.54 Å². The third-order valence-corrected chi connectivity index (χ3v) is 3.06. The van der Waals surface area contributed by atoms with Gasteiger partial charge in [0.05, 0.1) is 6.10 Å². The largest absolute Gasteiger partial charge is 0.392 e. The highest BCUT2D eigenvalue weighted by Crippen LogP contribution is 2.26. The minimum absolute atomic E-state index is 0.206. The highest BCUT2D eigenvalue weighted by molar-refractivity contribution is 4.77. The van der Waals surface area contributed by atoms with Gasteiger partial charge in [0.25, 0.3) is 0 Å². The van der Waals surface area contributed by atoms with Crippen LogP contribution in [0.25, 0.3) is 0 Å². The summed E-state index contributed by atoms with van der Waals surface area (Å²) in [6, 6.07) is 0.660. The molecule has 0 amide bonds. The van der Waals surface area contributed by atoms with Gasteiger partial charge in [-0.15, -0.1) is 0 Å². The molecule has 0 aromatic carbocycles. The molecule has 2 nitrogen and oxygen atoms in total. The van der Waals surface area contributed by atoms with Crippen molar-refractivity contribution in [3.63, 3.8) is 0 Å². The zero-order valence-electron chi connectivity index (χ0n) is 8.92. The molecule has 2 unspecified atom stereocenters. The molecule has 0 aromatic rings. The third-order valence-electron chi connectivity index (χ3n) is 3.06. The molecular weight excluding hydrogens is 162 g/mol. The van der Waals surface area contributed by atoms with Gasteiger partial charge >= 0.3 is 0 Å². The minimum Gasteiger partial charge on any atom is -0.392 e. The SMILES string of the molecule is CCC1CCCC(NC[C@H](C)O)C1. The summed E-state index contributed by atoms with van der Waals surface area (Å²) in [6.45, 7) is 4.87. The van der Waals surface area contributed by atoms with Crippen molar-refractivity contribution in [2.45, 2.75) is 58.1 Å². The van der Waals surface area contributed by atoms with Crippen LogP contribution in [0.2, 0.25) is 0 Å². The van der Waals surface area contributed by atoms with Crippen molar-refractivity contribution in [1.82, 2.24) is 5.32 Å². The Balaban J connectivity index is 2.18. The fourth-order valence-electron chi connectivity index (χ4n) is 2.18. The lowest BCUT2D eigenvalue weighted by Crippen LogP contribution is -2.37. The molecule has 1 fully saturated rings. The van der Waals surface area contributed by atoms with Crippen LogP contribution < -0.4 is 5.32 Å². The van der Waals surface area contributed by atoms with Gasteiger partial charge in [-0.2, -0.15) is 0 Å². The van der Waals surface area contributed by atoms with Crippen LogP contribution in [-0.2, 0) is 0 Å². The summed E-state index contributed by atoms with van der Waals surface area (Å²) in [5, 5.41) is 12.6. The molecule has 0 saturated heterocycles. The molecule has 1 rings (SSSR count). The van der Waals surface area contributed by atoms with Crippen LogP contribution in [0.4, 0.5) is 0 Å². The van der Waals surface area contributed by atoms with Gasteiger partial charge in [-0.25, -0.2) is 0 Å². The van der Waals surface area contributed by atoms with E-state index in [2.05, 4.69) is 12.2 Å². The fraction of sp³-hybridized carbons (Fsp3) is 1.00. The second-order valence-corrected chi connectivity index (χ2v) is 4.40. The molecule has 2 heteroatoms. The number of aliphatic hydroxyl groups excluding tert-OH is 1. The summed E-state index contributed by atoms with van der Waals surface area (Å²) in [4.78, 5) is 0. The maximum Gasteiger partial charge on any atom is 0.0636 e. The van der Waals surface area contributed by atoms with Gasteiger partial charge < -0.3 is 10.4 Å². The first kappa shape index (κ1) is 11.0. The Morgan fingerprint density at radius 1 is 1.46 bits per heavy atom. The molecule has 13 heavy (non-hydrogen) atoms. The molecule has 0 aromatic heterocycles. The first-order chi connectivity index (χ1) is 6.22. The predicted molar refractivity (Wildman–Crippen MR) is 55.7 cm³/mol. The molecule has 0 radical (unpaired) electrons. The minimum atomic E-state index is -0.206. The van der Waals surface area contributed by atoms with Gasteiger partial charge in [-0.3, -0.25) is 0 Å². The molecule has 78 valence electrons. The third kappa shape index (κ3) is 4.10. The van der Waals surface area contributed by atoms with E-state index >= 15 is 0 Å². The van der Waals surface area contributed by atoms with Gasteiger partial charge in [0.2, 0.25) is 0 Å². The lowest BCUT2D eigenvalue weighted by atomic mass is 9.84. The van der Waals surface area contributed by atoms with Crippen molar-refractivity contribution in [2.24, 2.45) is 5.92 Å². The van der Waals surface area contributed by atoms with E-state index in [9.17, 15) is 0 Å². The van der Waals surface area contributed by atoms with Gasteiger partial charge in [-0.1, -0.05) is 26.2 Å². The number of hydrogen-bond donors (Lipinski definition) is 2. The van der Waals surface area contributed by atoms with Crippen LogP contribution in [0, 0.1) is 5.92 Å². The Hall–Kier alpha value is -0.0800.